The maximum Gasteiger partial charge on any atom is 0.273 e. The molecule has 1 aliphatic carbocycles. The fourth-order valence-electron chi connectivity index (χ4n) is 1.40. The van der Waals surface area contributed by atoms with Gasteiger partial charge in [0.25, 0.3) is 5.91 Å². The minimum Gasteiger partial charge on any atom is -0.360 e. The summed E-state index contributed by atoms with van der Waals surface area (Å²) in [5, 5.41) is 6.71. The summed E-state index contributed by atoms with van der Waals surface area (Å²) in [6.45, 7) is 6.14. The molecule has 4 heteroatoms. The number of hydrogen-bond donors (Lipinski definition) is 1. The molecule has 0 unspecified atom stereocenters. The van der Waals surface area contributed by atoms with Gasteiger partial charge in [0.2, 0.25) is 0 Å². The number of rotatable bonds is 4. The topological polar surface area (TPSA) is 55.1 Å². The molecule has 1 atom stereocenters. The van der Waals surface area contributed by atoms with Gasteiger partial charge < -0.3 is 9.84 Å². The van der Waals surface area contributed by atoms with Crippen LogP contribution in [0.2, 0.25) is 0 Å². The summed E-state index contributed by atoms with van der Waals surface area (Å²) in [5.74, 6) is 1.62. The van der Waals surface area contributed by atoms with Gasteiger partial charge in [0, 0.05) is 18.0 Å². The second-order valence-corrected chi connectivity index (χ2v) is 4.89. The number of nitrogens with one attached hydrogen (secondary N) is 1. The summed E-state index contributed by atoms with van der Waals surface area (Å²) in [6, 6.07) is 1.91. The monoisotopic (exact) mass is 222 g/mol. The standard InChI is InChI=1S/C12H18N2O2/c1-7(2)8(3)13-12(15)10-6-11(16-14-10)9-4-5-9/h6-9H,4-5H2,1-3H3,(H,13,15)/t8-/m1/s1. The van der Waals surface area contributed by atoms with Gasteiger partial charge >= 0.3 is 0 Å². The van der Waals surface area contributed by atoms with E-state index in [9.17, 15) is 4.79 Å². The highest BCUT2D eigenvalue weighted by Crippen LogP contribution is 2.40. The molecule has 0 aromatic carbocycles. The molecule has 1 N–H and O–H groups in total. The van der Waals surface area contributed by atoms with Crippen molar-refractivity contribution in [3.05, 3.63) is 17.5 Å². The second-order valence-electron chi connectivity index (χ2n) is 4.89. The van der Waals surface area contributed by atoms with Crippen molar-refractivity contribution in [2.24, 2.45) is 5.92 Å². The Morgan fingerprint density at radius 2 is 2.19 bits per heavy atom. The quantitative estimate of drug-likeness (QED) is 0.850. The van der Waals surface area contributed by atoms with Crippen LogP contribution in [0.3, 0.4) is 0 Å². The lowest BCUT2D eigenvalue weighted by atomic mass is 10.1. The molecule has 1 amide bonds. The van der Waals surface area contributed by atoms with Gasteiger partial charge in [0.1, 0.15) is 5.76 Å². The molecule has 1 aromatic rings. The Bertz CT molecular complexity index is 380. The van der Waals surface area contributed by atoms with Gasteiger partial charge in [-0.15, -0.1) is 0 Å². The molecule has 1 saturated carbocycles. The van der Waals surface area contributed by atoms with Crippen LogP contribution < -0.4 is 5.32 Å². The Morgan fingerprint density at radius 1 is 1.50 bits per heavy atom. The van der Waals surface area contributed by atoms with Crippen molar-refractivity contribution in [2.75, 3.05) is 0 Å². The molecule has 0 saturated heterocycles. The van der Waals surface area contributed by atoms with Gasteiger partial charge in [0.05, 0.1) is 0 Å². The highest BCUT2D eigenvalue weighted by molar-refractivity contribution is 5.92. The summed E-state index contributed by atoms with van der Waals surface area (Å²) in [6.07, 6.45) is 2.30. The number of aromatic nitrogens is 1. The van der Waals surface area contributed by atoms with E-state index < -0.39 is 0 Å². The number of carbonyl (C=O) groups excluding carboxylic acids is 1. The highest BCUT2D eigenvalue weighted by atomic mass is 16.5. The third-order valence-electron chi connectivity index (χ3n) is 3.10. The largest absolute Gasteiger partial charge is 0.360 e. The van der Waals surface area contributed by atoms with Gasteiger partial charge in [-0.05, 0) is 25.7 Å². The summed E-state index contributed by atoms with van der Waals surface area (Å²) >= 11 is 0. The van der Waals surface area contributed by atoms with E-state index in [1.165, 1.54) is 0 Å². The van der Waals surface area contributed by atoms with Crippen LogP contribution in [0.25, 0.3) is 0 Å². The first kappa shape index (κ1) is 11.2. The first-order valence-corrected chi connectivity index (χ1v) is 5.85. The highest BCUT2D eigenvalue weighted by Gasteiger charge is 2.29. The van der Waals surface area contributed by atoms with Crippen LogP contribution in [0, 0.1) is 5.92 Å². The van der Waals surface area contributed by atoms with E-state index in [4.69, 9.17) is 4.52 Å². The molecule has 88 valence electrons. The normalized spacial score (nSPS) is 17.5. The van der Waals surface area contributed by atoms with Crippen molar-refractivity contribution in [3.8, 4) is 0 Å². The molecule has 4 nitrogen and oxygen atoms in total. The Kier molecular flexibility index (Phi) is 2.99. The Hall–Kier alpha value is -1.32. The number of amides is 1. The number of carbonyl (C=O) groups is 1. The van der Waals surface area contributed by atoms with Gasteiger partial charge in [0.15, 0.2) is 5.69 Å². The lowest BCUT2D eigenvalue weighted by molar-refractivity contribution is 0.0921. The number of hydrogen-bond acceptors (Lipinski definition) is 3. The van der Waals surface area contributed by atoms with Crippen molar-refractivity contribution < 1.29 is 9.32 Å². The Balaban J connectivity index is 1.97. The van der Waals surface area contributed by atoms with Crippen LogP contribution in [-0.2, 0) is 0 Å². The number of nitrogens with zero attached hydrogens (tertiary/aromatic N) is 1. The lowest BCUT2D eigenvalue weighted by Gasteiger charge is -2.16. The van der Waals surface area contributed by atoms with E-state index >= 15 is 0 Å². The molecule has 1 aromatic heterocycles. The van der Waals surface area contributed by atoms with E-state index in [1.54, 1.807) is 6.07 Å². The van der Waals surface area contributed by atoms with Crippen molar-refractivity contribution in [3.63, 3.8) is 0 Å². The second kappa shape index (κ2) is 4.28. The van der Waals surface area contributed by atoms with E-state index in [2.05, 4.69) is 24.3 Å². The minimum absolute atomic E-state index is 0.142. The molecule has 0 bridgehead atoms. The molecule has 2 rings (SSSR count). The van der Waals surface area contributed by atoms with E-state index in [0.717, 1.165) is 18.6 Å². The predicted octanol–water partition coefficient (Wildman–Crippen LogP) is 2.33. The van der Waals surface area contributed by atoms with Gasteiger partial charge in [-0.3, -0.25) is 4.79 Å². The Morgan fingerprint density at radius 3 is 2.75 bits per heavy atom. The lowest BCUT2D eigenvalue weighted by Crippen LogP contribution is -2.36. The maximum absolute atomic E-state index is 11.8. The fraction of sp³-hybridized carbons (Fsp3) is 0.667. The van der Waals surface area contributed by atoms with Crippen LogP contribution in [0.5, 0.6) is 0 Å². The van der Waals surface area contributed by atoms with Crippen LogP contribution in [0.15, 0.2) is 10.6 Å². The molecule has 1 fully saturated rings. The summed E-state index contributed by atoms with van der Waals surface area (Å²) < 4.78 is 5.14. The molecule has 0 aliphatic heterocycles. The van der Waals surface area contributed by atoms with E-state index in [-0.39, 0.29) is 11.9 Å². The van der Waals surface area contributed by atoms with Crippen molar-refractivity contribution in [2.45, 2.75) is 45.6 Å². The van der Waals surface area contributed by atoms with Crippen LogP contribution in [0.4, 0.5) is 0 Å². The first-order valence-electron chi connectivity index (χ1n) is 5.85. The molecule has 0 radical (unpaired) electrons. The molecular formula is C12H18N2O2. The first-order chi connectivity index (χ1) is 7.58. The molecule has 16 heavy (non-hydrogen) atoms. The van der Waals surface area contributed by atoms with Gasteiger partial charge in [-0.1, -0.05) is 19.0 Å². The van der Waals surface area contributed by atoms with Gasteiger partial charge in [-0.25, -0.2) is 0 Å². The maximum atomic E-state index is 11.8. The molecule has 1 heterocycles. The molecular weight excluding hydrogens is 204 g/mol. The predicted molar refractivity (Wildman–Crippen MR) is 60.2 cm³/mol. The van der Waals surface area contributed by atoms with Crippen molar-refractivity contribution in [1.82, 2.24) is 10.5 Å². The van der Waals surface area contributed by atoms with E-state index in [1.807, 2.05) is 6.92 Å². The SMILES string of the molecule is CC(C)[C@@H](C)NC(=O)c1cc(C2CC2)on1. The average Bonchev–Trinajstić information content (AvgIpc) is 2.96. The average molecular weight is 222 g/mol. The third-order valence-corrected chi connectivity index (χ3v) is 3.10. The minimum atomic E-state index is -0.142. The van der Waals surface area contributed by atoms with Crippen LogP contribution in [-0.4, -0.2) is 17.1 Å². The smallest absolute Gasteiger partial charge is 0.273 e. The summed E-state index contributed by atoms with van der Waals surface area (Å²) in [7, 11) is 0. The zero-order chi connectivity index (χ0) is 11.7. The van der Waals surface area contributed by atoms with Crippen LogP contribution in [0.1, 0.15) is 55.8 Å². The third kappa shape index (κ3) is 2.43. The zero-order valence-corrected chi connectivity index (χ0v) is 9.99. The molecule has 0 spiro atoms. The Labute approximate surface area is 95.4 Å². The zero-order valence-electron chi connectivity index (χ0n) is 9.99. The summed E-state index contributed by atoms with van der Waals surface area (Å²) in [4.78, 5) is 11.8. The molecule has 1 aliphatic rings. The van der Waals surface area contributed by atoms with Crippen LogP contribution >= 0.6 is 0 Å². The van der Waals surface area contributed by atoms with E-state index in [0.29, 0.717) is 17.5 Å². The fourth-order valence-corrected chi connectivity index (χ4v) is 1.40. The van der Waals surface area contributed by atoms with Gasteiger partial charge in [-0.2, -0.15) is 0 Å². The summed E-state index contributed by atoms with van der Waals surface area (Å²) in [5.41, 5.74) is 0.398. The van der Waals surface area contributed by atoms with Crippen molar-refractivity contribution >= 4 is 5.91 Å². The van der Waals surface area contributed by atoms with Crippen molar-refractivity contribution in [1.29, 1.82) is 0 Å².